The molecular weight excluding hydrogens is 224 g/mol. The number of aromatic amines is 1. The Morgan fingerprint density at radius 2 is 2.06 bits per heavy atom. The molecule has 3 nitrogen and oxygen atoms in total. The van der Waals surface area contributed by atoms with E-state index in [2.05, 4.69) is 34.1 Å². The van der Waals surface area contributed by atoms with Crippen LogP contribution in [0, 0.1) is 0 Å². The summed E-state index contributed by atoms with van der Waals surface area (Å²) in [6.07, 6.45) is 4.39. The molecule has 2 aromatic rings. The van der Waals surface area contributed by atoms with Crippen LogP contribution in [0.1, 0.15) is 12.0 Å². The van der Waals surface area contributed by atoms with E-state index < -0.39 is 0 Å². The number of benzene rings is 1. The Morgan fingerprint density at radius 1 is 1.17 bits per heavy atom. The summed E-state index contributed by atoms with van der Waals surface area (Å²) in [7, 11) is 0. The van der Waals surface area contributed by atoms with Crippen molar-refractivity contribution < 1.29 is 4.74 Å². The first kappa shape index (κ1) is 11.8. The second-order valence-electron chi connectivity index (χ2n) is 4.92. The number of ether oxygens (including phenoxy) is 1. The molecule has 0 bridgehead atoms. The molecule has 1 aromatic carbocycles. The standard InChI is InChI=1S/C15H20N2O/c1-3-13(15-14(4-1)6-7-16-15)5-2-8-17-9-11-18-12-10-17/h1,3-4,6-7,16H,2,5,8-12H2. The van der Waals surface area contributed by atoms with Crippen molar-refractivity contribution in [3.05, 3.63) is 36.0 Å². The van der Waals surface area contributed by atoms with Gasteiger partial charge in [-0.15, -0.1) is 0 Å². The summed E-state index contributed by atoms with van der Waals surface area (Å²) in [4.78, 5) is 5.84. The molecule has 0 spiro atoms. The first-order valence-electron chi connectivity index (χ1n) is 6.78. The minimum atomic E-state index is 0.895. The smallest absolute Gasteiger partial charge is 0.0594 e. The highest BCUT2D eigenvalue weighted by Gasteiger charge is 2.09. The van der Waals surface area contributed by atoms with Gasteiger partial charge in [0.1, 0.15) is 0 Å². The van der Waals surface area contributed by atoms with Gasteiger partial charge in [-0.25, -0.2) is 0 Å². The largest absolute Gasteiger partial charge is 0.379 e. The van der Waals surface area contributed by atoms with E-state index in [1.807, 2.05) is 6.20 Å². The average Bonchev–Trinajstić information content (AvgIpc) is 2.89. The predicted molar refractivity (Wildman–Crippen MR) is 73.9 cm³/mol. The molecule has 1 saturated heterocycles. The summed E-state index contributed by atoms with van der Waals surface area (Å²) in [5.74, 6) is 0. The third kappa shape index (κ3) is 2.57. The number of aryl methyl sites for hydroxylation is 1. The number of aromatic nitrogens is 1. The maximum Gasteiger partial charge on any atom is 0.0594 e. The number of rotatable bonds is 4. The lowest BCUT2D eigenvalue weighted by atomic mass is 10.1. The highest BCUT2D eigenvalue weighted by atomic mass is 16.5. The van der Waals surface area contributed by atoms with Crippen LogP contribution >= 0.6 is 0 Å². The third-order valence-electron chi connectivity index (χ3n) is 3.70. The van der Waals surface area contributed by atoms with Crippen molar-refractivity contribution in [1.29, 1.82) is 0 Å². The molecule has 0 amide bonds. The Morgan fingerprint density at radius 3 is 2.94 bits per heavy atom. The van der Waals surface area contributed by atoms with Crippen molar-refractivity contribution >= 4 is 10.9 Å². The van der Waals surface area contributed by atoms with Crippen LogP contribution in [0.3, 0.4) is 0 Å². The van der Waals surface area contributed by atoms with Gasteiger partial charge >= 0.3 is 0 Å². The molecular formula is C15H20N2O. The van der Waals surface area contributed by atoms with Gasteiger partial charge in [-0.2, -0.15) is 0 Å². The number of nitrogens with zero attached hydrogens (tertiary/aromatic N) is 1. The van der Waals surface area contributed by atoms with E-state index >= 15 is 0 Å². The summed E-state index contributed by atoms with van der Waals surface area (Å²) in [6.45, 7) is 5.15. The van der Waals surface area contributed by atoms with Crippen molar-refractivity contribution in [2.24, 2.45) is 0 Å². The molecule has 1 fully saturated rings. The minimum absolute atomic E-state index is 0.895. The lowest BCUT2D eigenvalue weighted by Crippen LogP contribution is -2.36. The Kier molecular flexibility index (Phi) is 3.62. The fourth-order valence-electron chi connectivity index (χ4n) is 2.68. The summed E-state index contributed by atoms with van der Waals surface area (Å²) >= 11 is 0. The van der Waals surface area contributed by atoms with Crippen LogP contribution < -0.4 is 0 Å². The Balaban J connectivity index is 1.57. The van der Waals surface area contributed by atoms with Gasteiger partial charge in [0.05, 0.1) is 13.2 Å². The Hall–Kier alpha value is -1.32. The van der Waals surface area contributed by atoms with Crippen LogP contribution in [0.4, 0.5) is 0 Å². The van der Waals surface area contributed by atoms with E-state index in [1.54, 1.807) is 0 Å². The first-order valence-corrected chi connectivity index (χ1v) is 6.78. The third-order valence-corrected chi connectivity index (χ3v) is 3.70. The van der Waals surface area contributed by atoms with Crippen LogP contribution in [0.2, 0.25) is 0 Å². The van der Waals surface area contributed by atoms with Gasteiger partial charge < -0.3 is 9.72 Å². The Bertz CT molecular complexity index is 500. The fourth-order valence-corrected chi connectivity index (χ4v) is 2.68. The van der Waals surface area contributed by atoms with Crippen molar-refractivity contribution in [3.63, 3.8) is 0 Å². The van der Waals surface area contributed by atoms with Gasteiger partial charge in [0.15, 0.2) is 0 Å². The average molecular weight is 244 g/mol. The van der Waals surface area contributed by atoms with Crippen LogP contribution in [-0.2, 0) is 11.2 Å². The molecule has 0 atom stereocenters. The molecule has 1 aliphatic rings. The molecule has 18 heavy (non-hydrogen) atoms. The van der Waals surface area contributed by atoms with Crippen molar-refractivity contribution in [3.8, 4) is 0 Å². The minimum Gasteiger partial charge on any atom is -0.379 e. The number of nitrogens with one attached hydrogen (secondary N) is 1. The number of fused-ring (bicyclic) bond motifs is 1. The quantitative estimate of drug-likeness (QED) is 0.894. The lowest BCUT2D eigenvalue weighted by molar-refractivity contribution is 0.0375. The number of hydrogen-bond acceptors (Lipinski definition) is 2. The highest BCUT2D eigenvalue weighted by molar-refractivity contribution is 5.82. The van der Waals surface area contributed by atoms with Gasteiger partial charge in [0.2, 0.25) is 0 Å². The molecule has 3 rings (SSSR count). The zero-order valence-corrected chi connectivity index (χ0v) is 10.7. The number of hydrogen-bond donors (Lipinski definition) is 1. The van der Waals surface area contributed by atoms with Gasteiger partial charge in [0, 0.05) is 24.8 Å². The number of para-hydroxylation sites is 1. The van der Waals surface area contributed by atoms with Gasteiger partial charge in [0.25, 0.3) is 0 Å². The van der Waals surface area contributed by atoms with E-state index in [4.69, 9.17) is 4.74 Å². The van der Waals surface area contributed by atoms with Crippen LogP contribution in [-0.4, -0.2) is 42.7 Å². The lowest BCUT2D eigenvalue weighted by Gasteiger charge is -2.26. The van der Waals surface area contributed by atoms with E-state index in [-0.39, 0.29) is 0 Å². The molecule has 1 aliphatic heterocycles. The molecule has 0 unspecified atom stereocenters. The fraction of sp³-hybridized carbons (Fsp3) is 0.467. The molecule has 0 aliphatic carbocycles. The zero-order valence-electron chi connectivity index (χ0n) is 10.7. The summed E-state index contributed by atoms with van der Waals surface area (Å²) in [5.41, 5.74) is 2.74. The maximum absolute atomic E-state index is 5.36. The van der Waals surface area contributed by atoms with E-state index in [0.29, 0.717) is 0 Å². The summed E-state index contributed by atoms with van der Waals surface area (Å²) in [6, 6.07) is 8.69. The normalized spacial score (nSPS) is 17.3. The number of morpholine rings is 1. The zero-order chi connectivity index (χ0) is 12.2. The van der Waals surface area contributed by atoms with Crippen molar-refractivity contribution in [2.75, 3.05) is 32.8 Å². The topological polar surface area (TPSA) is 28.3 Å². The van der Waals surface area contributed by atoms with E-state index in [1.165, 1.54) is 29.4 Å². The highest BCUT2D eigenvalue weighted by Crippen LogP contribution is 2.18. The van der Waals surface area contributed by atoms with E-state index in [0.717, 1.165) is 32.7 Å². The van der Waals surface area contributed by atoms with Gasteiger partial charge in [-0.05, 0) is 36.4 Å². The summed E-state index contributed by atoms with van der Waals surface area (Å²) < 4.78 is 5.36. The predicted octanol–water partition coefficient (Wildman–Crippen LogP) is 2.43. The molecule has 2 heterocycles. The Labute approximate surface area is 108 Å². The monoisotopic (exact) mass is 244 g/mol. The SMILES string of the molecule is c1cc(CCCN2CCOCC2)c2[nH]ccc2c1. The molecule has 3 heteroatoms. The second kappa shape index (κ2) is 5.55. The van der Waals surface area contributed by atoms with Gasteiger partial charge in [-0.3, -0.25) is 4.90 Å². The summed E-state index contributed by atoms with van der Waals surface area (Å²) in [5, 5.41) is 1.32. The molecule has 0 radical (unpaired) electrons. The van der Waals surface area contributed by atoms with Crippen LogP contribution in [0.25, 0.3) is 10.9 Å². The van der Waals surface area contributed by atoms with Crippen LogP contribution in [0.15, 0.2) is 30.5 Å². The van der Waals surface area contributed by atoms with Gasteiger partial charge in [-0.1, -0.05) is 18.2 Å². The molecule has 96 valence electrons. The molecule has 0 saturated carbocycles. The molecule has 1 aromatic heterocycles. The number of H-pyrrole nitrogens is 1. The van der Waals surface area contributed by atoms with Crippen molar-refractivity contribution in [1.82, 2.24) is 9.88 Å². The van der Waals surface area contributed by atoms with Crippen molar-refractivity contribution in [2.45, 2.75) is 12.8 Å². The second-order valence-corrected chi connectivity index (χ2v) is 4.92. The first-order chi connectivity index (χ1) is 8.93. The molecule has 1 N–H and O–H groups in total. The van der Waals surface area contributed by atoms with E-state index in [9.17, 15) is 0 Å². The van der Waals surface area contributed by atoms with Crippen LogP contribution in [0.5, 0.6) is 0 Å². The maximum atomic E-state index is 5.36.